The lowest BCUT2D eigenvalue weighted by Crippen LogP contribution is -2.27. The zero-order chi connectivity index (χ0) is 21.1. The summed E-state index contributed by atoms with van der Waals surface area (Å²) < 4.78 is 8.27. The maximum absolute atomic E-state index is 12.8. The minimum Gasteiger partial charge on any atom is -0.494 e. The number of carbonyl (C=O) groups is 1. The van der Waals surface area contributed by atoms with E-state index in [-0.39, 0.29) is 18.0 Å². The second-order valence-corrected chi connectivity index (χ2v) is 6.81. The van der Waals surface area contributed by atoms with Gasteiger partial charge in [0, 0.05) is 5.69 Å². The molecule has 1 amide bonds. The first-order chi connectivity index (χ1) is 14.5. The fraction of sp³-hybridized carbons (Fsp3) is 0.182. The zero-order valence-corrected chi connectivity index (χ0v) is 16.7. The highest BCUT2D eigenvalue weighted by molar-refractivity contribution is 5.90. The van der Waals surface area contributed by atoms with Gasteiger partial charge in [0.2, 0.25) is 5.91 Å². The molecule has 4 rings (SSSR count). The Labute approximate surface area is 172 Å². The summed E-state index contributed by atoms with van der Waals surface area (Å²) in [4.78, 5) is 29.6. The van der Waals surface area contributed by atoms with Gasteiger partial charge in [0.1, 0.15) is 24.0 Å². The van der Waals surface area contributed by atoms with Gasteiger partial charge in [-0.05, 0) is 50.2 Å². The fourth-order valence-corrected chi connectivity index (χ4v) is 3.09. The van der Waals surface area contributed by atoms with Crippen LogP contribution in [0.3, 0.4) is 0 Å². The number of nitrogens with one attached hydrogen (secondary N) is 1. The standard InChI is InChI=1S/C22H21N5O3/c1-3-30-18-10-6-16(7-11-18)25-20(28)13-26-14-23-21-19(22(26)29)12-24-27(21)17-8-4-15(2)5-9-17/h4-12,14H,3,13H2,1-2H3,(H,25,28). The number of nitrogens with zero attached hydrogens (tertiary/aromatic N) is 4. The van der Waals surface area contributed by atoms with Gasteiger partial charge in [0.05, 0.1) is 18.5 Å². The topological polar surface area (TPSA) is 91.0 Å². The molecule has 0 aliphatic heterocycles. The number of benzene rings is 2. The summed E-state index contributed by atoms with van der Waals surface area (Å²) in [5.41, 5.74) is 2.70. The molecule has 0 saturated heterocycles. The molecule has 0 radical (unpaired) electrons. The first-order valence-electron chi connectivity index (χ1n) is 9.58. The Balaban J connectivity index is 1.53. The predicted octanol–water partition coefficient (Wildman–Crippen LogP) is 2.93. The number of fused-ring (bicyclic) bond motifs is 1. The lowest BCUT2D eigenvalue weighted by atomic mass is 10.2. The minimum atomic E-state index is -0.326. The Bertz CT molecular complexity index is 1240. The molecule has 8 heteroatoms. The monoisotopic (exact) mass is 403 g/mol. The molecule has 0 saturated carbocycles. The molecule has 2 heterocycles. The number of carbonyl (C=O) groups excluding carboxylic acids is 1. The van der Waals surface area contributed by atoms with Crippen molar-refractivity contribution >= 4 is 22.6 Å². The van der Waals surface area contributed by atoms with Crippen LogP contribution < -0.4 is 15.6 Å². The van der Waals surface area contributed by atoms with Gasteiger partial charge in [0.15, 0.2) is 5.65 Å². The van der Waals surface area contributed by atoms with Crippen molar-refractivity contribution in [2.24, 2.45) is 0 Å². The van der Waals surface area contributed by atoms with Gasteiger partial charge in [-0.25, -0.2) is 9.67 Å². The zero-order valence-electron chi connectivity index (χ0n) is 16.7. The first-order valence-corrected chi connectivity index (χ1v) is 9.58. The van der Waals surface area contributed by atoms with E-state index in [4.69, 9.17) is 4.74 Å². The van der Waals surface area contributed by atoms with Crippen molar-refractivity contribution in [2.45, 2.75) is 20.4 Å². The van der Waals surface area contributed by atoms with Crippen LogP contribution in [0, 0.1) is 6.92 Å². The fourth-order valence-electron chi connectivity index (χ4n) is 3.09. The summed E-state index contributed by atoms with van der Waals surface area (Å²) >= 11 is 0. The Hall–Kier alpha value is -3.94. The van der Waals surface area contributed by atoms with Crippen molar-refractivity contribution in [2.75, 3.05) is 11.9 Å². The average Bonchev–Trinajstić information content (AvgIpc) is 3.17. The minimum absolute atomic E-state index is 0.148. The van der Waals surface area contributed by atoms with Gasteiger partial charge in [0.25, 0.3) is 5.56 Å². The van der Waals surface area contributed by atoms with Crippen LogP contribution in [0.5, 0.6) is 5.75 Å². The maximum atomic E-state index is 12.8. The molecular formula is C22H21N5O3. The van der Waals surface area contributed by atoms with Gasteiger partial charge >= 0.3 is 0 Å². The second kappa shape index (κ2) is 8.20. The van der Waals surface area contributed by atoms with Gasteiger partial charge in [-0.1, -0.05) is 17.7 Å². The summed E-state index contributed by atoms with van der Waals surface area (Å²) in [6.07, 6.45) is 2.85. The lowest BCUT2D eigenvalue weighted by Gasteiger charge is -2.09. The van der Waals surface area contributed by atoms with E-state index in [1.54, 1.807) is 28.9 Å². The Morgan fingerprint density at radius 1 is 1.10 bits per heavy atom. The van der Waals surface area contributed by atoms with E-state index in [0.717, 1.165) is 17.0 Å². The second-order valence-electron chi connectivity index (χ2n) is 6.81. The first kappa shape index (κ1) is 19.4. The van der Waals surface area contributed by atoms with Crippen LogP contribution in [0.2, 0.25) is 0 Å². The lowest BCUT2D eigenvalue weighted by molar-refractivity contribution is -0.116. The van der Waals surface area contributed by atoms with Crippen LogP contribution >= 0.6 is 0 Å². The third-order valence-electron chi connectivity index (χ3n) is 4.60. The highest BCUT2D eigenvalue weighted by atomic mass is 16.5. The number of rotatable bonds is 6. The van der Waals surface area contributed by atoms with Crippen molar-refractivity contribution in [3.8, 4) is 11.4 Å². The van der Waals surface area contributed by atoms with Gasteiger partial charge in [-0.3, -0.25) is 14.2 Å². The molecule has 2 aromatic heterocycles. The number of aryl methyl sites for hydroxylation is 1. The molecule has 0 unspecified atom stereocenters. The predicted molar refractivity (Wildman–Crippen MR) is 114 cm³/mol. The molecule has 0 atom stereocenters. The van der Waals surface area contributed by atoms with Crippen molar-refractivity contribution in [1.82, 2.24) is 19.3 Å². The quantitative estimate of drug-likeness (QED) is 0.535. The van der Waals surface area contributed by atoms with Crippen molar-refractivity contribution in [3.05, 3.63) is 77.0 Å². The number of aromatic nitrogens is 4. The molecule has 4 aromatic rings. The summed E-state index contributed by atoms with van der Waals surface area (Å²) in [6.45, 7) is 4.33. The molecule has 2 aromatic carbocycles. The van der Waals surface area contributed by atoms with Crippen molar-refractivity contribution in [1.29, 1.82) is 0 Å². The molecule has 152 valence electrons. The number of anilines is 1. The Kier molecular flexibility index (Phi) is 5.30. The summed E-state index contributed by atoms with van der Waals surface area (Å²) in [5.74, 6) is 0.403. The number of ether oxygens (including phenoxy) is 1. The third kappa shape index (κ3) is 3.93. The number of hydrogen-bond acceptors (Lipinski definition) is 5. The molecule has 0 fully saturated rings. The van der Waals surface area contributed by atoms with Gasteiger partial charge in [-0.2, -0.15) is 5.10 Å². The molecule has 0 bridgehead atoms. The highest BCUT2D eigenvalue weighted by Gasteiger charge is 2.13. The van der Waals surface area contributed by atoms with Crippen molar-refractivity contribution in [3.63, 3.8) is 0 Å². The number of amides is 1. The van der Waals surface area contributed by atoms with E-state index in [9.17, 15) is 9.59 Å². The average molecular weight is 403 g/mol. The van der Waals surface area contributed by atoms with E-state index < -0.39 is 0 Å². The smallest absolute Gasteiger partial charge is 0.264 e. The van der Waals surface area contributed by atoms with Crippen LogP contribution in [0.25, 0.3) is 16.7 Å². The Morgan fingerprint density at radius 3 is 2.53 bits per heavy atom. The normalized spacial score (nSPS) is 10.9. The van der Waals surface area contributed by atoms with E-state index in [1.165, 1.54) is 17.1 Å². The van der Waals surface area contributed by atoms with Gasteiger partial charge in [-0.15, -0.1) is 0 Å². The SMILES string of the molecule is CCOc1ccc(NC(=O)Cn2cnc3c(cnn3-c3ccc(C)cc3)c2=O)cc1. The van der Waals surface area contributed by atoms with E-state index in [0.29, 0.717) is 23.3 Å². The maximum Gasteiger partial charge on any atom is 0.264 e. The summed E-state index contributed by atoms with van der Waals surface area (Å²) in [5, 5.41) is 7.42. The third-order valence-corrected chi connectivity index (χ3v) is 4.60. The molecule has 1 N–H and O–H groups in total. The summed E-state index contributed by atoms with van der Waals surface area (Å²) in [6, 6.07) is 14.8. The Morgan fingerprint density at radius 2 is 1.83 bits per heavy atom. The van der Waals surface area contributed by atoms with Crippen LogP contribution in [-0.2, 0) is 11.3 Å². The van der Waals surface area contributed by atoms with E-state index in [1.807, 2.05) is 38.1 Å². The van der Waals surface area contributed by atoms with Crippen molar-refractivity contribution < 1.29 is 9.53 Å². The summed E-state index contributed by atoms with van der Waals surface area (Å²) in [7, 11) is 0. The number of hydrogen-bond donors (Lipinski definition) is 1. The van der Waals surface area contributed by atoms with Crippen LogP contribution in [-0.4, -0.2) is 31.8 Å². The van der Waals surface area contributed by atoms with E-state index in [2.05, 4.69) is 15.4 Å². The van der Waals surface area contributed by atoms with E-state index >= 15 is 0 Å². The van der Waals surface area contributed by atoms with Crippen LogP contribution in [0.4, 0.5) is 5.69 Å². The molecular weight excluding hydrogens is 382 g/mol. The molecule has 0 spiro atoms. The van der Waals surface area contributed by atoms with Crippen LogP contribution in [0.15, 0.2) is 65.8 Å². The molecule has 0 aliphatic rings. The molecule has 0 aliphatic carbocycles. The van der Waals surface area contributed by atoms with Gasteiger partial charge < -0.3 is 10.1 Å². The van der Waals surface area contributed by atoms with Crippen LogP contribution in [0.1, 0.15) is 12.5 Å². The molecule has 8 nitrogen and oxygen atoms in total. The highest BCUT2D eigenvalue weighted by Crippen LogP contribution is 2.16. The largest absolute Gasteiger partial charge is 0.494 e. The molecule has 30 heavy (non-hydrogen) atoms.